The Labute approximate surface area is 181 Å². The first-order chi connectivity index (χ1) is 14.8. The van der Waals surface area contributed by atoms with Crippen molar-refractivity contribution in [3.63, 3.8) is 0 Å². The lowest BCUT2D eigenvalue weighted by atomic mass is 10.2. The lowest BCUT2D eigenvalue weighted by Crippen LogP contribution is -2.04. The standard InChI is InChI=1S/C23H17BrN6/c24-18-12-10-16(11-13-18)14-25-28-23-26-22-21(27-29-23)19-8-4-5-9-20(19)30(22)15-17-6-2-1-3-7-17/h1-14H,15H2,(H,26,28,29)/b25-14+. The van der Waals surface area contributed by atoms with Crippen LogP contribution in [0.2, 0.25) is 0 Å². The zero-order chi connectivity index (χ0) is 20.3. The van der Waals surface area contributed by atoms with E-state index < -0.39 is 0 Å². The van der Waals surface area contributed by atoms with Crippen LogP contribution in [0.4, 0.5) is 5.95 Å². The fourth-order valence-corrected chi connectivity index (χ4v) is 3.65. The molecule has 0 amide bonds. The van der Waals surface area contributed by atoms with Crippen molar-refractivity contribution < 1.29 is 0 Å². The van der Waals surface area contributed by atoms with Gasteiger partial charge in [-0.15, -0.1) is 10.2 Å². The summed E-state index contributed by atoms with van der Waals surface area (Å²) in [6.45, 7) is 0.700. The summed E-state index contributed by atoms with van der Waals surface area (Å²) in [6, 6.07) is 26.3. The minimum Gasteiger partial charge on any atom is -0.319 e. The van der Waals surface area contributed by atoms with E-state index in [-0.39, 0.29) is 0 Å². The molecular formula is C23H17BrN6. The average Bonchev–Trinajstić information content (AvgIpc) is 3.09. The van der Waals surface area contributed by atoms with E-state index >= 15 is 0 Å². The smallest absolute Gasteiger partial charge is 0.265 e. The molecule has 6 nitrogen and oxygen atoms in total. The molecule has 3 aromatic carbocycles. The maximum atomic E-state index is 4.71. The first-order valence-electron chi connectivity index (χ1n) is 9.48. The van der Waals surface area contributed by atoms with Gasteiger partial charge in [-0.1, -0.05) is 76.6 Å². The minimum atomic E-state index is 0.355. The van der Waals surface area contributed by atoms with Crippen molar-refractivity contribution in [2.75, 3.05) is 5.43 Å². The molecule has 0 aliphatic carbocycles. The van der Waals surface area contributed by atoms with Crippen LogP contribution in [-0.2, 0) is 6.54 Å². The normalized spacial score (nSPS) is 11.5. The van der Waals surface area contributed by atoms with Crippen molar-refractivity contribution in [2.45, 2.75) is 6.54 Å². The Morgan fingerprint density at radius 1 is 0.900 bits per heavy atom. The van der Waals surface area contributed by atoms with E-state index in [1.54, 1.807) is 6.21 Å². The Morgan fingerprint density at radius 2 is 1.67 bits per heavy atom. The zero-order valence-corrected chi connectivity index (χ0v) is 17.5. The largest absolute Gasteiger partial charge is 0.319 e. The van der Waals surface area contributed by atoms with Crippen molar-refractivity contribution in [3.05, 3.63) is 94.5 Å². The van der Waals surface area contributed by atoms with Crippen molar-refractivity contribution in [3.8, 4) is 0 Å². The first-order valence-corrected chi connectivity index (χ1v) is 10.3. The predicted molar refractivity (Wildman–Crippen MR) is 124 cm³/mol. The molecule has 7 heteroatoms. The molecule has 0 unspecified atom stereocenters. The number of hydrogen-bond donors (Lipinski definition) is 1. The molecule has 0 spiro atoms. The average molecular weight is 457 g/mol. The van der Waals surface area contributed by atoms with Gasteiger partial charge >= 0.3 is 0 Å². The van der Waals surface area contributed by atoms with Crippen LogP contribution in [0.15, 0.2) is 88.4 Å². The number of hydrogen-bond acceptors (Lipinski definition) is 5. The molecule has 0 fully saturated rings. The minimum absolute atomic E-state index is 0.355. The van der Waals surface area contributed by atoms with Crippen LogP contribution < -0.4 is 5.43 Å². The highest BCUT2D eigenvalue weighted by molar-refractivity contribution is 9.10. The third-order valence-electron chi connectivity index (χ3n) is 4.81. The van der Waals surface area contributed by atoms with E-state index in [0.717, 1.165) is 32.1 Å². The number of benzene rings is 3. The number of nitrogens with zero attached hydrogens (tertiary/aromatic N) is 5. The third kappa shape index (κ3) is 3.67. The Hall–Kier alpha value is -3.58. The quantitative estimate of drug-likeness (QED) is 0.290. The molecule has 5 rings (SSSR count). The van der Waals surface area contributed by atoms with E-state index in [9.17, 15) is 0 Å². The highest BCUT2D eigenvalue weighted by Crippen LogP contribution is 2.27. The molecule has 0 saturated carbocycles. The van der Waals surface area contributed by atoms with Crippen LogP contribution in [-0.4, -0.2) is 26.0 Å². The van der Waals surface area contributed by atoms with E-state index in [0.29, 0.717) is 12.5 Å². The highest BCUT2D eigenvalue weighted by Gasteiger charge is 2.14. The second kappa shape index (κ2) is 8.04. The Bertz CT molecular complexity index is 1340. The number of anilines is 1. The topological polar surface area (TPSA) is 68.0 Å². The van der Waals surface area contributed by atoms with Gasteiger partial charge in [-0.05, 0) is 29.3 Å². The first kappa shape index (κ1) is 18.4. The van der Waals surface area contributed by atoms with Gasteiger partial charge in [-0.3, -0.25) is 0 Å². The summed E-state index contributed by atoms with van der Waals surface area (Å²) < 4.78 is 3.19. The number of para-hydroxylation sites is 1. The lowest BCUT2D eigenvalue weighted by molar-refractivity contribution is 0.848. The number of nitrogens with one attached hydrogen (secondary N) is 1. The summed E-state index contributed by atoms with van der Waals surface area (Å²) in [6.07, 6.45) is 1.72. The van der Waals surface area contributed by atoms with E-state index in [1.807, 2.05) is 60.7 Å². The maximum Gasteiger partial charge on any atom is 0.265 e. The van der Waals surface area contributed by atoms with Crippen molar-refractivity contribution in [1.29, 1.82) is 0 Å². The molecule has 0 radical (unpaired) electrons. The molecule has 2 aromatic heterocycles. The molecular weight excluding hydrogens is 440 g/mol. The van der Waals surface area contributed by atoms with Crippen LogP contribution in [0.3, 0.4) is 0 Å². The van der Waals surface area contributed by atoms with Crippen molar-refractivity contribution >= 4 is 50.2 Å². The summed E-state index contributed by atoms with van der Waals surface area (Å²) in [5.41, 5.74) is 7.69. The van der Waals surface area contributed by atoms with E-state index in [4.69, 9.17) is 4.98 Å². The predicted octanol–water partition coefficient (Wildman–Crippen LogP) is 5.24. The summed E-state index contributed by atoms with van der Waals surface area (Å²) in [5.74, 6) is 0.355. The van der Waals surface area contributed by atoms with Crippen LogP contribution in [0.1, 0.15) is 11.1 Å². The van der Waals surface area contributed by atoms with E-state index in [1.165, 1.54) is 5.56 Å². The zero-order valence-electron chi connectivity index (χ0n) is 15.9. The van der Waals surface area contributed by atoms with Gasteiger partial charge in [0.1, 0.15) is 5.52 Å². The van der Waals surface area contributed by atoms with Gasteiger partial charge < -0.3 is 4.57 Å². The fraction of sp³-hybridized carbons (Fsp3) is 0.0435. The van der Waals surface area contributed by atoms with Crippen LogP contribution >= 0.6 is 15.9 Å². The lowest BCUT2D eigenvalue weighted by Gasteiger charge is -2.07. The Morgan fingerprint density at radius 3 is 2.50 bits per heavy atom. The second-order valence-corrected chi connectivity index (χ2v) is 7.73. The van der Waals surface area contributed by atoms with Gasteiger partial charge in [-0.2, -0.15) is 10.1 Å². The number of aromatic nitrogens is 4. The van der Waals surface area contributed by atoms with Crippen molar-refractivity contribution in [1.82, 2.24) is 19.7 Å². The Kier molecular flexibility index (Phi) is 4.94. The van der Waals surface area contributed by atoms with Gasteiger partial charge in [0.05, 0.1) is 11.7 Å². The number of rotatable bonds is 5. The van der Waals surface area contributed by atoms with Crippen LogP contribution in [0.5, 0.6) is 0 Å². The molecule has 30 heavy (non-hydrogen) atoms. The highest BCUT2D eigenvalue weighted by atomic mass is 79.9. The van der Waals surface area contributed by atoms with Gasteiger partial charge in [-0.25, -0.2) is 5.43 Å². The van der Waals surface area contributed by atoms with Crippen LogP contribution in [0, 0.1) is 0 Å². The van der Waals surface area contributed by atoms with Crippen LogP contribution in [0.25, 0.3) is 22.1 Å². The molecule has 0 aliphatic heterocycles. The molecule has 0 aliphatic rings. The Balaban J connectivity index is 1.51. The molecule has 0 atom stereocenters. The molecule has 2 heterocycles. The second-order valence-electron chi connectivity index (χ2n) is 6.82. The summed E-state index contributed by atoms with van der Waals surface area (Å²) in [5, 5.41) is 13.9. The number of hydrazone groups is 1. The van der Waals surface area contributed by atoms with Crippen molar-refractivity contribution in [2.24, 2.45) is 5.10 Å². The van der Waals surface area contributed by atoms with Gasteiger partial charge in [0, 0.05) is 16.4 Å². The molecule has 0 bridgehead atoms. The van der Waals surface area contributed by atoms with E-state index in [2.05, 4.69) is 59.4 Å². The summed E-state index contributed by atoms with van der Waals surface area (Å²) in [7, 11) is 0. The molecule has 1 N–H and O–H groups in total. The van der Waals surface area contributed by atoms with Gasteiger partial charge in [0.2, 0.25) is 0 Å². The summed E-state index contributed by atoms with van der Waals surface area (Å²) in [4.78, 5) is 4.71. The maximum absolute atomic E-state index is 4.71. The third-order valence-corrected chi connectivity index (χ3v) is 5.33. The van der Waals surface area contributed by atoms with Gasteiger partial charge in [0.25, 0.3) is 5.95 Å². The number of halogens is 1. The van der Waals surface area contributed by atoms with Gasteiger partial charge in [0.15, 0.2) is 5.65 Å². The monoisotopic (exact) mass is 456 g/mol. The molecule has 0 saturated heterocycles. The fourth-order valence-electron chi connectivity index (χ4n) is 3.39. The molecule has 5 aromatic rings. The molecule has 146 valence electrons. The SMILES string of the molecule is Brc1ccc(/C=N/Nc2nnc3c4ccccc4n(Cc4ccccc4)c3n2)cc1. The summed E-state index contributed by atoms with van der Waals surface area (Å²) >= 11 is 3.43. The number of fused-ring (bicyclic) bond motifs is 3.